The normalized spacial score (nSPS) is 11.0. The second-order valence-corrected chi connectivity index (χ2v) is 6.79. The van der Waals surface area contributed by atoms with Crippen molar-refractivity contribution in [2.24, 2.45) is 0 Å². The van der Waals surface area contributed by atoms with Crippen LogP contribution in [0.1, 0.15) is 0 Å². The molecular weight excluding hydrogens is 378 g/mol. The van der Waals surface area contributed by atoms with Crippen LogP contribution in [0.2, 0.25) is 0 Å². The molecule has 0 aliphatic heterocycles. The summed E-state index contributed by atoms with van der Waals surface area (Å²) in [5.41, 5.74) is 4.65. The number of aromatic amines is 1. The Morgan fingerprint density at radius 1 is 0.900 bits per heavy atom. The van der Waals surface area contributed by atoms with Gasteiger partial charge in [-0.1, -0.05) is 0 Å². The second-order valence-electron chi connectivity index (χ2n) is 6.79. The van der Waals surface area contributed by atoms with Crippen molar-refractivity contribution in [3.8, 4) is 22.8 Å². The van der Waals surface area contributed by atoms with E-state index in [0.717, 1.165) is 44.4 Å². The zero-order chi connectivity index (χ0) is 20.5. The predicted molar refractivity (Wildman–Crippen MR) is 117 cm³/mol. The third-order valence-electron chi connectivity index (χ3n) is 5.03. The van der Waals surface area contributed by atoms with Gasteiger partial charge in [-0.25, -0.2) is 15.0 Å². The first-order valence-corrected chi connectivity index (χ1v) is 9.42. The number of nitrogens with one attached hydrogen (secondary N) is 2. The Morgan fingerprint density at radius 3 is 2.63 bits per heavy atom. The van der Waals surface area contributed by atoms with E-state index >= 15 is 0 Å². The molecule has 0 saturated heterocycles. The molecule has 0 unspecified atom stereocenters. The molecule has 7 heteroatoms. The number of ether oxygens (including phenoxy) is 2. The topological polar surface area (TPSA) is 85.0 Å². The molecule has 2 N–H and O–H groups in total. The molecule has 5 rings (SSSR count). The van der Waals surface area contributed by atoms with E-state index in [0.29, 0.717) is 11.6 Å². The Kier molecular flexibility index (Phi) is 4.40. The molecule has 148 valence electrons. The Morgan fingerprint density at radius 2 is 1.83 bits per heavy atom. The van der Waals surface area contributed by atoms with E-state index in [4.69, 9.17) is 9.47 Å². The SMILES string of the molecule is COc1ccc(-c2cc3c(Nc4ccc5[nH]ccc5c4)ncnc3cc2OC)cn1. The third kappa shape index (κ3) is 3.16. The number of anilines is 2. The first-order chi connectivity index (χ1) is 14.7. The van der Waals surface area contributed by atoms with Crippen molar-refractivity contribution in [1.29, 1.82) is 0 Å². The van der Waals surface area contributed by atoms with Crippen molar-refractivity contribution in [1.82, 2.24) is 19.9 Å². The van der Waals surface area contributed by atoms with E-state index < -0.39 is 0 Å². The molecule has 5 aromatic rings. The fourth-order valence-electron chi connectivity index (χ4n) is 3.51. The Hall–Kier alpha value is -4.13. The van der Waals surface area contributed by atoms with Crippen molar-refractivity contribution in [3.63, 3.8) is 0 Å². The molecule has 30 heavy (non-hydrogen) atoms. The van der Waals surface area contributed by atoms with E-state index in [-0.39, 0.29) is 0 Å². The van der Waals surface area contributed by atoms with Crippen LogP contribution in [0.25, 0.3) is 32.9 Å². The van der Waals surface area contributed by atoms with Crippen LogP contribution in [0, 0.1) is 0 Å². The number of H-pyrrole nitrogens is 1. The smallest absolute Gasteiger partial charge is 0.212 e. The summed E-state index contributed by atoms with van der Waals surface area (Å²) in [5, 5.41) is 5.44. The standard InChI is InChI=1S/C23H19N5O2/c1-29-21-11-20-18(10-17(21)15-3-6-22(30-2)25-12-15)23(27-13-26-20)28-16-4-5-19-14(9-16)7-8-24-19/h3-13,24H,1-2H3,(H,26,27,28). The van der Waals surface area contributed by atoms with E-state index in [2.05, 4.69) is 31.3 Å². The molecular formula is C23H19N5O2. The first kappa shape index (κ1) is 17.9. The minimum Gasteiger partial charge on any atom is -0.496 e. The van der Waals surface area contributed by atoms with Crippen molar-refractivity contribution < 1.29 is 9.47 Å². The number of rotatable bonds is 5. The average molecular weight is 397 g/mol. The van der Waals surface area contributed by atoms with Crippen molar-refractivity contribution in [2.75, 3.05) is 19.5 Å². The zero-order valence-corrected chi connectivity index (χ0v) is 16.5. The number of benzene rings is 2. The average Bonchev–Trinajstić information content (AvgIpc) is 3.26. The summed E-state index contributed by atoms with van der Waals surface area (Å²) in [5.74, 6) is 2.00. The maximum atomic E-state index is 5.62. The van der Waals surface area contributed by atoms with Crippen LogP contribution in [0.5, 0.6) is 11.6 Å². The van der Waals surface area contributed by atoms with Crippen LogP contribution in [0.3, 0.4) is 0 Å². The predicted octanol–water partition coefficient (Wildman–Crippen LogP) is 4.93. The summed E-state index contributed by atoms with van der Waals surface area (Å²) >= 11 is 0. The second kappa shape index (κ2) is 7.36. The van der Waals surface area contributed by atoms with E-state index in [1.54, 1.807) is 26.7 Å². The van der Waals surface area contributed by atoms with Crippen LogP contribution in [0.15, 0.2) is 67.3 Å². The third-order valence-corrected chi connectivity index (χ3v) is 5.03. The van der Waals surface area contributed by atoms with Crippen LogP contribution in [0.4, 0.5) is 11.5 Å². The summed E-state index contributed by atoms with van der Waals surface area (Å²) in [6.07, 6.45) is 5.24. The summed E-state index contributed by atoms with van der Waals surface area (Å²) in [7, 11) is 3.24. The lowest BCUT2D eigenvalue weighted by Gasteiger charge is -2.13. The molecule has 7 nitrogen and oxygen atoms in total. The van der Waals surface area contributed by atoms with Crippen molar-refractivity contribution in [2.45, 2.75) is 0 Å². The van der Waals surface area contributed by atoms with Gasteiger partial charge in [0.15, 0.2) is 0 Å². The molecule has 0 amide bonds. The summed E-state index contributed by atoms with van der Waals surface area (Å²) in [6.45, 7) is 0. The molecule has 3 aromatic heterocycles. The molecule has 0 radical (unpaired) electrons. The number of pyridine rings is 1. The van der Waals surface area contributed by atoms with Gasteiger partial charge in [0.05, 0.1) is 19.7 Å². The summed E-state index contributed by atoms with van der Waals surface area (Å²) < 4.78 is 10.8. The minimum atomic E-state index is 0.560. The maximum absolute atomic E-state index is 5.62. The van der Waals surface area contributed by atoms with Gasteiger partial charge in [0.2, 0.25) is 5.88 Å². The van der Waals surface area contributed by atoms with Crippen LogP contribution in [-0.2, 0) is 0 Å². The molecule has 0 atom stereocenters. The summed E-state index contributed by atoms with van der Waals surface area (Å²) in [6, 6.07) is 15.9. The lowest BCUT2D eigenvalue weighted by atomic mass is 10.0. The Bertz CT molecular complexity index is 1350. The molecule has 0 saturated carbocycles. The van der Waals surface area contributed by atoms with E-state index in [1.807, 2.05) is 48.7 Å². The zero-order valence-electron chi connectivity index (χ0n) is 16.5. The highest BCUT2D eigenvalue weighted by Gasteiger charge is 2.13. The van der Waals surface area contributed by atoms with Crippen LogP contribution >= 0.6 is 0 Å². The molecule has 0 bridgehead atoms. The number of nitrogens with zero attached hydrogens (tertiary/aromatic N) is 3. The highest BCUT2D eigenvalue weighted by Crippen LogP contribution is 2.36. The largest absolute Gasteiger partial charge is 0.496 e. The molecule has 0 spiro atoms. The van der Waals surface area contributed by atoms with Crippen LogP contribution < -0.4 is 14.8 Å². The first-order valence-electron chi connectivity index (χ1n) is 9.42. The number of hydrogen-bond acceptors (Lipinski definition) is 6. The Labute approximate surface area is 172 Å². The van der Waals surface area contributed by atoms with E-state index in [9.17, 15) is 0 Å². The number of methoxy groups -OCH3 is 2. The van der Waals surface area contributed by atoms with Gasteiger partial charge in [0.25, 0.3) is 0 Å². The van der Waals surface area contributed by atoms with Gasteiger partial charge >= 0.3 is 0 Å². The molecule has 0 aliphatic rings. The molecule has 2 aromatic carbocycles. The lowest BCUT2D eigenvalue weighted by molar-refractivity contribution is 0.398. The van der Waals surface area contributed by atoms with Gasteiger partial charge < -0.3 is 19.8 Å². The highest BCUT2D eigenvalue weighted by molar-refractivity contribution is 5.96. The van der Waals surface area contributed by atoms with Gasteiger partial charge in [0, 0.05) is 57.6 Å². The van der Waals surface area contributed by atoms with E-state index in [1.165, 1.54) is 0 Å². The van der Waals surface area contributed by atoms with Gasteiger partial charge in [-0.05, 0) is 36.4 Å². The van der Waals surface area contributed by atoms with Gasteiger partial charge in [0.1, 0.15) is 17.9 Å². The Balaban J connectivity index is 1.61. The summed E-state index contributed by atoms with van der Waals surface area (Å²) in [4.78, 5) is 16.4. The van der Waals surface area contributed by atoms with Crippen molar-refractivity contribution in [3.05, 3.63) is 67.3 Å². The van der Waals surface area contributed by atoms with Crippen molar-refractivity contribution >= 4 is 33.3 Å². The maximum Gasteiger partial charge on any atom is 0.212 e. The number of aromatic nitrogens is 4. The van der Waals surface area contributed by atoms with Crippen LogP contribution in [-0.4, -0.2) is 34.2 Å². The molecule has 0 aliphatic carbocycles. The number of hydrogen-bond donors (Lipinski definition) is 2. The lowest BCUT2D eigenvalue weighted by Crippen LogP contribution is -1.98. The number of fused-ring (bicyclic) bond motifs is 2. The molecule has 3 heterocycles. The van der Waals surface area contributed by atoms with Gasteiger partial charge in [-0.2, -0.15) is 0 Å². The highest BCUT2D eigenvalue weighted by atomic mass is 16.5. The fraction of sp³-hybridized carbons (Fsp3) is 0.0870. The molecule has 0 fully saturated rings. The monoisotopic (exact) mass is 397 g/mol. The van der Waals surface area contributed by atoms with Gasteiger partial charge in [-0.15, -0.1) is 0 Å². The quantitative estimate of drug-likeness (QED) is 0.437. The fourth-order valence-corrected chi connectivity index (χ4v) is 3.51. The minimum absolute atomic E-state index is 0.560. The van der Waals surface area contributed by atoms with Gasteiger partial charge in [-0.3, -0.25) is 0 Å².